The van der Waals surface area contributed by atoms with E-state index in [9.17, 15) is 4.79 Å². The third-order valence-corrected chi connectivity index (χ3v) is 6.64. The van der Waals surface area contributed by atoms with Crippen LogP contribution in [-0.4, -0.2) is 47.9 Å². The average molecular weight is 394 g/mol. The van der Waals surface area contributed by atoms with Gasteiger partial charge in [0.15, 0.2) is 5.76 Å². The number of thiophene rings is 1. The summed E-state index contributed by atoms with van der Waals surface area (Å²) in [7, 11) is 2.17. The van der Waals surface area contributed by atoms with E-state index < -0.39 is 0 Å². The number of hydrogen-bond acceptors (Lipinski definition) is 6. The second-order valence-corrected chi connectivity index (χ2v) is 8.71. The molecule has 7 heteroatoms. The van der Waals surface area contributed by atoms with Gasteiger partial charge in [0, 0.05) is 31.0 Å². The number of aromatic nitrogens is 1. The quantitative estimate of drug-likeness (QED) is 0.697. The molecule has 2 aromatic rings. The molecule has 26 heavy (non-hydrogen) atoms. The molecule has 1 fully saturated rings. The van der Waals surface area contributed by atoms with Crippen molar-refractivity contribution in [3.63, 3.8) is 0 Å². The van der Waals surface area contributed by atoms with Crippen LogP contribution in [0.2, 0.25) is 0 Å². The molecule has 0 unspecified atom stereocenters. The summed E-state index contributed by atoms with van der Waals surface area (Å²) in [6.07, 6.45) is 6.65. The summed E-state index contributed by atoms with van der Waals surface area (Å²) < 4.78 is 5.36. The summed E-state index contributed by atoms with van der Waals surface area (Å²) >= 11 is 3.20. The van der Waals surface area contributed by atoms with E-state index in [0.717, 1.165) is 29.4 Å². The highest BCUT2D eigenvalue weighted by atomic mass is 32.2. The van der Waals surface area contributed by atoms with Gasteiger partial charge in [-0.1, -0.05) is 30.5 Å². The molecule has 0 saturated heterocycles. The van der Waals surface area contributed by atoms with Gasteiger partial charge < -0.3 is 14.7 Å². The minimum atomic E-state index is 0.0917. The van der Waals surface area contributed by atoms with E-state index in [1.807, 2.05) is 23.6 Å². The molecular weight excluding hydrogens is 366 g/mol. The lowest BCUT2D eigenvalue weighted by Crippen LogP contribution is -2.39. The predicted molar refractivity (Wildman–Crippen MR) is 108 cm³/mol. The van der Waals surface area contributed by atoms with Crippen LogP contribution in [0.4, 0.5) is 0 Å². The van der Waals surface area contributed by atoms with Crippen LogP contribution in [0, 0.1) is 0 Å². The number of thioether (sulfide) groups is 1. The van der Waals surface area contributed by atoms with Crippen LogP contribution in [-0.2, 0) is 10.5 Å². The van der Waals surface area contributed by atoms with Crippen molar-refractivity contribution in [2.24, 2.45) is 0 Å². The number of hydrogen-bond donors (Lipinski definition) is 1. The zero-order valence-electron chi connectivity index (χ0n) is 15.3. The fourth-order valence-corrected chi connectivity index (χ4v) is 4.70. The van der Waals surface area contributed by atoms with Crippen LogP contribution in [0.25, 0.3) is 10.6 Å². The van der Waals surface area contributed by atoms with E-state index in [-0.39, 0.29) is 5.91 Å². The minimum Gasteiger partial charge on any atom is -0.355 e. The second kappa shape index (κ2) is 10.1. The molecule has 3 rings (SSSR count). The summed E-state index contributed by atoms with van der Waals surface area (Å²) in [5.74, 6) is 2.03. The second-order valence-electron chi connectivity index (χ2n) is 6.77. The Hall–Kier alpha value is -1.31. The molecule has 2 heterocycles. The van der Waals surface area contributed by atoms with Crippen molar-refractivity contribution < 1.29 is 9.32 Å². The van der Waals surface area contributed by atoms with Crippen molar-refractivity contribution >= 4 is 29.0 Å². The van der Waals surface area contributed by atoms with Gasteiger partial charge in [0.2, 0.25) is 5.91 Å². The standard InChI is InChI=1S/C19H27N3O2S2/c1-22(16-6-3-2-4-7-16)10-9-20-19(23)14-25-13-15-12-17(24-21-15)18-8-5-11-26-18/h5,8,11-12,16H,2-4,6-7,9-10,13-14H2,1H3,(H,20,23). The first-order valence-electron chi connectivity index (χ1n) is 9.26. The van der Waals surface area contributed by atoms with Crippen LogP contribution in [0.5, 0.6) is 0 Å². The first-order chi connectivity index (χ1) is 12.7. The van der Waals surface area contributed by atoms with Gasteiger partial charge in [-0.25, -0.2) is 0 Å². The Balaban J connectivity index is 1.29. The van der Waals surface area contributed by atoms with Gasteiger partial charge in [-0.05, 0) is 31.3 Å². The first-order valence-corrected chi connectivity index (χ1v) is 11.3. The molecular formula is C19H27N3O2S2. The average Bonchev–Trinajstić information content (AvgIpc) is 3.34. The molecule has 2 aromatic heterocycles. The number of nitrogens with zero attached hydrogens (tertiary/aromatic N) is 2. The molecule has 1 aliphatic carbocycles. The Bertz CT molecular complexity index is 666. The molecule has 0 radical (unpaired) electrons. The van der Waals surface area contributed by atoms with Gasteiger partial charge in [0.05, 0.1) is 16.3 Å². The Kier molecular flexibility index (Phi) is 7.58. The number of rotatable bonds is 9. The van der Waals surface area contributed by atoms with Gasteiger partial charge >= 0.3 is 0 Å². The lowest BCUT2D eigenvalue weighted by molar-refractivity contribution is -0.118. The van der Waals surface area contributed by atoms with Crippen molar-refractivity contribution in [1.29, 1.82) is 0 Å². The number of carbonyl (C=O) groups is 1. The zero-order chi connectivity index (χ0) is 18.2. The van der Waals surface area contributed by atoms with E-state index in [2.05, 4.69) is 22.4 Å². The predicted octanol–water partition coefficient (Wildman–Crippen LogP) is 4.02. The normalized spacial score (nSPS) is 15.5. The minimum absolute atomic E-state index is 0.0917. The monoisotopic (exact) mass is 393 g/mol. The third-order valence-electron chi connectivity index (χ3n) is 4.79. The molecule has 1 amide bonds. The molecule has 0 bridgehead atoms. The van der Waals surface area contributed by atoms with Crippen molar-refractivity contribution in [3.05, 3.63) is 29.3 Å². The van der Waals surface area contributed by atoms with Crippen LogP contribution in [0.1, 0.15) is 37.8 Å². The van der Waals surface area contributed by atoms with Gasteiger partial charge in [0.25, 0.3) is 0 Å². The van der Waals surface area contributed by atoms with Gasteiger partial charge in [-0.3, -0.25) is 4.79 Å². The summed E-state index contributed by atoms with van der Waals surface area (Å²) in [4.78, 5) is 15.5. The number of nitrogens with one attached hydrogen (secondary N) is 1. The Morgan fingerprint density at radius 1 is 1.42 bits per heavy atom. The van der Waals surface area contributed by atoms with Gasteiger partial charge in [-0.15, -0.1) is 23.1 Å². The highest BCUT2D eigenvalue weighted by Gasteiger charge is 2.17. The Morgan fingerprint density at radius 2 is 2.27 bits per heavy atom. The van der Waals surface area contributed by atoms with E-state index in [4.69, 9.17) is 4.52 Å². The molecule has 142 valence electrons. The highest BCUT2D eigenvalue weighted by Crippen LogP contribution is 2.26. The van der Waals surface area contributed by atoms with E-state index in [0.29, 0.717) is 17.5 Å². The van der Waals surface area contributed by atoms with Gasteiger partial charge in [0.1, 0.15) is 0 Å². The van der Waals surface area contributed by atoms with E-state index >= 15 is 0 Å². The topological polar surface area (TPSA) is 58.4 Å². The zero-order valence-corrected chi connectivity index (χ0v) is 16.9. The van der Waals surface area contributed by atoms with Crippen LogP contribution < -0.4 is 5.32 Å². The lowest BCUT2D eigenvalue weighted by Gasteiger charge is -2.31. The van der Waals surface area contributed by atoms with Crippen molar-refractivity contribution in [3.8, 4) is 10.6 Å². The molecule has 5 nitrogen and oxygen atoms in total. The molecule has 0 aromatic carbocycles. The van der Waals surface area contributed by atoms with E-state index in [1.165, 1.54) is 32.1 Å². The van der Waals surface area contributed by atoms with Crippen molar-refractivity contribution in [2.75, 3.05) is 25.9 Å². The summed E-state index contributed by atoms with van der Waals surface area (Å²) in [6.45, 7) is 1.65. The SMILES string of the molecule is CN(CCNC(=O)CSCc1cc(-c2cccs2)on1)C1CCCCC1. The summed E-state index contributed by atoms with van der Waals surface area (Å²) in [5.41, 5.74) is 0.878. The number of carbonyl (C=O) groups excluding carboxylic acids is 1. The molecule has 0 aliphatic heterocycles. The maximum Gasteiger partial charge on any atom is 0.230 e. The molecule has 1 aliphatic rings. The Morgan fingerprint density at radius 3 is 3.04 bits per heavy atom. The fraction of sp³-hybridized carbons (Fsp3) is 0.579. The molecule has 1 saturated carbocycles. The number of likely N-dealkylation sites (N-methyl/N-ethyl adjacent to an activating group) is 1. The van der Waals surface area contributed by atoms with Crippen molar-refractivity contribution in [1.82, 2.24) is 15.4 Å². The van der Waals surface area contributed by atoms with Crippen LogP contribution in [0.15, 0.2) is 28.1 Å². The van der Waals surface area contributed by atoms with Gasteiger partial charge in [-0.2, -0.15) is 0 Å². The molecule has 1 N–H and O–H groups in total. The first kappa shape index (κ1) is 19.5. The summed E-state index contributed by atoms with van der Waals surface area (Å²) in [5, 5.41) is 9.12. The van der Waals surface area contributed by atoms with Crippen molar-refractivity contribution in [2.45, 2.75) is 43.9 Å². The lowest BCUT2D eigenvalue weighted by atomic mass is 9.94. The smallest absolute Gasteiger partial charge is 0.230 e. The third kappa shape index (κ3) is 5.86. The number of amides is 1. The summed E-state index contributed by atoms with van der Waals surface area (Å²) in [6, 6.07) is 6.66. The molecule has 0 atom stereocenters. The highest BCUT2D eigenvalue weighted by molar-refractivity contribution is 7.99. The molecule has 0 spiro atoms. The maximum atomic E-state index is 12.0. The largest absolute Gasteiger partial charge is 0.355 e. The van der Waals surface area contributed by atoms with Crippen LogP contribution in [0.3, 0.4) is 0 Å². The Labute approximate surface area is 163 Å². The fourth-order valence-electron chi connectivity index (χ4n) is 3.29. The maximum absolute atomic E-state index is 12.0. The van der Waals surface area contributed by atoms with E-state index in [1.54, 1.807) is 23.1 Å². The van der Waals surface area contributed by atoms with Crippen LogP contribution >= 0.6 is 23.1 Å².